The summed E-state index contributed by atoms with van der Waals surface area (Å²) in [5, 5.41) is 3.07. The number of fused-ring (bicyclic) bond motifs is 1. The van der Waals surface area contributed by atoms with E-state index in [2.05, 4.69) is 10.1 Å². The molecule has 0 saturated heterocycles. The molecule has 22 heavy (non-hydrogen) atoms. The maximum Gasteiger partial charge on any atom is 0.272 e. The van der Waals surface area contributed by atoms with E-state index in [1.165, 1.54) is 10.6 Å². The molecule has 0 aliphatic carbocycles. The Kier molecular flexibility index (Phi) is 3.93. The van der Waals surface area contributed by atoms with Gasteiger partial charge in [-0.05, 0) is 43.3 Å². The number of nitrogens with two attached hydrogens (primary N) is 1. The Morgan fingerprint density at radius 1 is 1.27 bits per heavy atom. The SMILES string of the molecule is CCOc1ccc(-c2cc3nc(CCN)cc(=O)n3[nH]2)cc1. The molecule has 0 radical (unpaired) electrons. The smallest absolute Gasteiger partial charge is 0.272 e. The molecule has 1 aromatic carbocycles. The van der Waals surface area contributed by atoms with Gasteiger partial charge in [-0.1, -0.05) is 0 Å². The van der Waals surface area contributed by atoms with Crippen LogP contribution in [0.4, 0.5) is 0 Å². The second-order valence-corrected chi connectivity index (χ2v) is 4.95. The number of H-pyrrole nitrogens is 1. The number of ether oxygens (including phenoxy) is 1. The lowest BCUT2D eigenvalue weighted by Gasteiger charge is -2.03. The van der Waals surface area contributed by atoms with Crippen LogP contribution in [-0.2, 0) is 6.42 Å². The Hall–Kier alpha value is -2.60. The molecular weight excluding hydrogens is 280 g/mol. The Morgan fingerprint density at radius 3 is 2.73 bits per heavy atom. The highest BCUT2D eigenvalue weighted by atomic mass is 16.5. The summed E-state index contributed by atoms with van der Waals surface area (Å²) in [6.07, 6.45) is 0.593. The Labute approximate surface area is 127 Å². The third kappa shape index (κ3) is 2.73. The average Bonchev–Trinajstić information content (AvgIpc) is 2.93. The lowest BCUT2D eigenvalue weighted by molar-refractivity contribution is 0.340. The van der Waals surface area contributed by atoms with Crippen molar-refractivity contribution in [2.45, 2.75) is 13.3 Å². The summed E-state index contributed by atoms with van der Waals surface area (Å²) < 4.78 is 6.86. The first kappa shape index (κ1) is 14.3. The average molecular weight is 298 g/mol. The molecule has 3 N–H and O–H groups in total. The zero-order valence-electron chi connectivity index (χ0n) is 12.4. The van der Waals surface area contributed by atoms with E-state index in [9.17, 15) is 4.79 Å². The molecule has 0 aliphatic heterocycles. The minimum absolute atomic E-state index is 0.134. The van der Waals surface area contributed by atoms with E-state index in [1.54, 1.807) is 0 Å². The van der Waals surface area contributed by atoms with Crippen molar-refractivity contribution in [2.75, 3.05) is 13.2 Å². The predicted molar refractivity (Wildman–Crippen MR) is 85.2 cm³/mol. The van der Waals surface area contributed by atoms with Crippen LogP contribution in [0, 0.1) is 0 Å². The molecule has 0 saturated carbocycles. The van der Waals surface area contributed by atoms with Crippen LogP contribution in [0.3, 0.4) is 0 Å². The number of nitrogens with zero attached hydrogens (tertiary/aromatic N) is 2. The number of aromatic amines is 1. The molecule has 3 rings (SSSR count). The van der Waals surface area contributed by atoms with Gasteiger partial charge in [0, 0.05) is 24.2 Å². The van der Waals surface area contributed by atoms with Gasteiger partial charge < -0.3 is 10.5 Å². The molecule has 6 heteroatoms. The molecule has 2 aromatic heterocycles. The highest BCUT2D eigenvalue weighted by Gasteiger charge is 2.08. The molecule has 3 aromatic rings. The molecule has 0 fully saturated rings. The first-order valence-electron chi connectivity index (χ1n) is 7.26. The first-order chi connectivity index (χ1) is 10.7. The number of benzene rings is 1. The number of aromatic nitrogens is 3. The number of nitrogens with one attached hydrogen (secondary N) is 1. The van der Waals surface area contributed by atoms with E-state index in [0.29, 0.717) is 30.9 Å². The second kappa shape index (κ2) is 6.03. The molecule has 114 valence electrons. The third-order valence-electron chi connectivity index (χ3n) is 3.38. The van der Waals surface area contributed by atoms with Crippen LogP contribution in [0.5, 0.6) is 5.75 Å². The highest BCUT2D eigenvalue weighted by molar-refractivity contribution is 5.64. The zero-order valence-corrected chi connectivity index (χ0v) is 12.4. The van der Waals surface area contributed by atoms with Crippen LogP contribution in [0.25, 0.3) is 16.9 Å². The van der Waals surface area contributed by atoms with Gasteiger partial charge in [0.25, 0.3) is 5.56 Å². The number of hydrogen-bond acceptors (Lipinski definition) is 4. The largest absolute Gasteiger partial charge is 0.494 e. The van der Waals surface area contributed by atoms with Gasteiger partial charge in [0.1, 0.15) is 5.75 Å². The van der Waals surface area contributed by atoms with Crippen molar-refractivity contribution < 1.29 is 4.74 Å². The molecule has 0 atom stereocenters. The van der Waals surface area contributed by atoms with Crippen LogP contribution < -0.4 is 16.0 Å². The van der Waals surface area contributed by atoms with Crippen LogP contribution in [-0.4, -0.2) is 27.7 Å². The predicted octanol–water partition coefficient (Wildman–Crippen LogP) is 1.59. The molecule has 0 bridgehead atoms. The number of hydrogen-bond donors (Lipinski definition) is 2. The maximum atomic E-state index is 12.1. The summed E-state index contributed by atoms with van der Waals surface area (Å²) in [4.78, 5) is 16.5. The molecule has 0 amide bonds. The van der Waals surface area contributed by atoms with Crippen molar-refractivity contribution in [1.29, 1.82) is 0 Å². The summed E-state index contributed by atoms with van der Waals surface area (Å²) in [7, 11) is 0. The molecule has 0 spiro atoms. The lowest BCUT2D eigenvalue weighted by atomic mass is 10.1. The maximum absolute atomic E-state index is 12.1. The van der Waals surface area contributed by atoms with Crippen molar-refractivity contribution in [3.63, 3.8) is 0 Å². The zero-order chi connectivity index (χ0) is 15.5. The van der Waals surface area contributed by atoms with Crippen molar-refractivity contribution in [3.05, 3.63) is 52.4 Å². The van der Waals surface area contributed by atoms with E-state index in [4.69, 9.17) is 10.5 Å². The molecule has 2 heterocycles. The normalized spacial score (nSPS) is 11.0. The molecule has 0 aliphatic rings. The first-order valence-corrected chi connectivity index (χ1v) is 7.26. The van der Waals surface area contributed by atoms with Gasteiger partial charge >= 0.3 is 0 Å². The van der Waals surface area contributed by atoms with E-state index in [1.807, 2.05) is 37.3 Å². The van der Waals surface area contributed by atoms with Gasteiger partial charge in [-0.2, -0.15) is 0 Å². The van der Waals surface area contributed by atoms with Crippen molar-refractivity contribution in [1.82, 2.24) is 14.6 Å². The number of rotatable bonds is 5. The highest BCUT2D eigenvalue weighted by Crippen LogP contribution is 2.21. The summed E-state index contributed by atoms with van der Waals surface area (Å²) in [6.45, 7) is 3.05. The van der Waals surface area contributed by atoms with Gasteiger partial charge in [-0.3, -0.25) is 9.89 Å². The summed E-state index contributed by atoms with van der Waals surface area (Å²) in [5.74, 6) is 0.822. The van der Waals surface area contributed by atoms with Crippen LogP contribution in [0.2, 0.25) is 0 Å². The lowest BCUT2D eigenvalue weighted by Crippen LogP contribution is -2.17. The van der Waals surface area contributed by atoms with Crippen LogP contribution in [0.1, 0.15) is 12.6 Å². The Morgan fingerprint density at radius 2 is 2.05 bits per heavy atom. The standard InChI is InChI=1S/C16H18N4O2/c1-2-22-13-5-3-11(4-6-13)14-10-15-18-12(7-8-17)9-16(21)20(15)19-14/h3-6,9-10,19H,2,7-8,17H2,1H3. The van der Waals surface area contributed by atoms with E-state index in [0.717, 1.165) is 17.0 Å². The van der Waals surface area contributed by atoms with Gasteiger partial charge in [0.05, 0.1) is 12.3 Å². The van der Waals surface area contributed by atoms with E-state index < -0.39 is 0 Å². The Balaban J connectivity index is 2.00. The summed E-state index contributed by atoms with van der Waals surface area (Å²) in [6, 6.07) is 11.1. The second-order valence-electron chi connectivity index (χ2n) is 4.95. The van der Waals surface area contributed by atoms with E-state index in [-0.39, 0.29) is 5.56 Å². The van der Waals surface area contributed by atoms with Gasteiger partial charge in [0.15, 0.2) is 5.65 Å². The summed E-state index contributed by atoms with van der Waals surface area (Å²) in [5.41, 5.74) is 8.49. The van der Waals surface area contributed by atoms with Gasteiger partial charge in [0.2, 0.25) is 0 Å². The fourth-order valence-electron chi connectivity index (χ4n) is 2.36. The monoisotopic (exact) mass is 298 g/mol. The minimum Gasteiger partial charge on any atom is -0.494 e. The van der Waals surface area contributed by atoms with Crippen molar-refractivity contribution in [2.24, 2.45) is 5.73 Å². The third-order valence-corrected chi connectivity index (χ3v) is 3.38. The fourth-order valence-corrected chi connectivity index (χ4v) is 2.36. The Bertz CT molecular complexity index is 833. The molecule has 6 nitrogen and oxygen atoms in total. The van der Waals surface area contributed by atoms with Gasteiger partial charge in [-0.25, -0.2) is 9.50 Å². The van der Waals surface area contributed by atoms with Crippen molar-refractivity contribution in [3.8, 4) is 17.0 Å². The minimum atomic E-state index is -0.134. The molecule has 0 unspecified atom stereocenters. The fraction of sp³-hybridized carbons (Fsp3) is 0.250. The quantitative estimate of drug-likeness (QED) is 0.749. The van der Waals surface area contributed by atoms with Crippen molar-refractivity contribution >= 4 is 5.65 Å². The van der Waals surface area contributed by atoms with E-state index >= 15 is 0 Å². The summed E-state index contributed by atoms with van der Waals surface area (Å²) >= 11 is 0. The van der Waals surface area contributed by atoms with Crippen LogP contribution in [0.15, 0.2) is 41.2 Å². The van der Waals surface area contributed by atoms with Crippen LogP contribution >= 0.6 is 0 Å². The van der Waals surface area contributed by atoms with Gasteiger partial charge in [-0.15, -0.1) is 0 Å². The molecular formula is C16H18N4O2. The topological polar surface area (TPSA) is 85.4 Å².